The van der Waals surface area contributed by atoms with Gasteiger partial charge in [-0.3, -0.25) is 4.79 Å². The normalized spacial score (nSPS) is 18.8. The second-order valence-electron chi connectivity index (χ2n) is 9.28. The highest BCUT2D eigenvalue weighted by Gasteiger charge is 2.36. The summed E-state index contributed by atoms with van der Waals surface area (Å²) in [7, 11) is 6.46. The fourth-order valence-corrected chi connectivity index (χ4v) is 4.51. The number of allylic oxidation sites excluding steroid dienone is 2. The third-order valence-corrected chi connectivity index (χ3v) is 7.06. The quantitative estimate of drug-likeness (QED) is 0.412. The molecule has 0 atom stereocenters. The summed E-state index contributed by atoms with van der Waals surface area (Å²) in [6.07, 6.45) is 6.37. The van der Waals surface area contributed by atoms with Gasteiger partial charge in [0, 0.05) is 22.3 Å². The Morgan fingerprint density at radius 3 is 1.59 bits per heavy atom. The molecule has 0 bridgehead atoms. The zero-order valence-electron chi connectivity index (χ0n) is 21.4. The number of Topliss-reactive ketones (excluding diaryl/α,β-unsaturated/α-hetero) is 1. The minimum absolute atomic E-state index is 0.0536. The first-order valence-electron chi connectivity index (χ1n) is 11.7. The van der Waals surface area contributed by atoms with Gasteiger partial charge in [0.1, 0.15) is 0 Å². The molecule has 1 aliphatic carbocycles. The maximum Gasteiger partial charge on any atom is 0.185 e. The first-order valence-corrected chi connectivity index (χ1v) is 11.7. The zero-order valence-corrected chi connectivity index (χ0v) is 21.4. The van der Waals surface area contributed by atoms with Gasteiger partial charge in [0.05, 0.1) is 28.4 Å². The van der Waals surface area contributed by atoms with E-state index >= 15 is 0 Å². The van der Waals surface area contributed by atoms with Crippen molar-refractivity contribution in [3.05, 3.63) is 58.7 Å². The van der Waals surface area contributed by atoms with Crippen LogP contribution in [0.3, 0.4) is 0 Å². The van der Waals surface area contributed by atoms with E-state index in [4.69, 9.17) is 18.9 Å². The summed E-state index contributed by atoms with van der Waals surface area (Å²) < 4.78 is 22.1. The molecule has 0 aromatic heterocycles. The summed E-state index contributed by atoms with van der Waals surface area (Å²) in [5.74, 6) is 2.91. The molecule has 0 amide bonds. The Balaban J connectivity index is 2.14. The number of hydrogen-bond acceptors (Lipinski definition) is 5. The first-order chi connectivity index (χ1) is 16.3. The van der Waals surface area contributed by atoms with Crippen LogP contribution in [0.1, 0.15) is 51.2 Å². The van der Waals surface area contributed by atoms with Gasteiger partial charge in [0.2, 0.25) is 0 Å². The van der Waals surface area contributed by atoms with Gasteiger partial charge in [0.25, 0.3) is 0 Å². The SMILES string of the molecule is CCC(C)(C)C1C/C(=C\c2cccc(OC)c2OC)C(=O)/C(=C/c2cccc(OC)c2OC)C1. The van der Waals surface area contributed by atoms with Crippen molar-refractivity contribution in [3.63, 3.8) is 0 Å². The second-order valence-corrected chi connectivity index (χ2v) is 9.28. The van der Waals surface area contributed by atoms with E-state index in [1.165, 1.54) is 0 Å². The smallest absolute Gasteiger partial charge is 0.185 e. The van der Waals surface area contributed by atoms with Gasteiger partial charge in [-0.1, -0.05) is 51.5 Å². The largest absolute Gasteiger partial charge is 0.493 e. The third kappa shape index (κ3) is 5.14. The van der Waals surface area contributed by atoms with Crippen molar-refractivity contribution in [2.45, 2.75) is 40.0 Å². The molecule has 0 unspecified atom stereocenters. The van der Waals surface area contributed by atoms with Crippen LogP contribution in [0.5, 0.6) is 23.0 Å². The topological polar surface area (TPSA) is 54.0 Å². The highest BCUT2D eigenvalue weighted by atomic mass is 16.5. The molecular weight excluding hydrogens is 428 g/mol. The molecule has 3 rings (SSSR count). The predicted octanol–water partition coefficient (Wildman–Crippen LogP) is 6.60. The maximum atomic E-state index is 13.7. The van der Waals surface area contributed by atoms with Crippen LogP contribution in [0.25, 0.3) is 12.2 Å². The number of ether oxygens (including phenoxy) is 4. The molecule has 0 radical (unpaired) electrons. The lowest BCUT2D eigenvalue weighted by molar-refractivity contribution is -0.113. The zero-order chi connectivity index (χ0) is 24.9. The van der Waals surface area contributed by atoms with Gasteiger partial charge in [-0.05, 0) is 48.5 Å². The van der Waals surface area contributed by atoms with E-state index in [1.54, 1.807) is 28.4 Å². The first kappa shape index (κ1) is 25.4. The monoisotopic (exact) mass is 464 g/mol. The Morgan fingerprint density at radius 1 is 0.794 bits per heavy atom. The molecule has 34 heavy (non-hydrogen) atoms. The Morgan fingerprint density at radius 2 is 1.24 bits per heavy atom. The molecule has 1 aliphatic rings. The lowest BCUT2D eigenvalue weighted by Crippen LogP contribution is -2.30. The van der Waals surface area contributed by atoms with Crippen molar-refractivity contribution >= 4 is 17.9 Å². The molecule has 1 fully saturated rings. The van der Waals surface area contributed by atoms with Crippen LogP contribution >= 0.6 is 0 Å². The van der Waals surface area contributed by atoms with Crippen LogP contribution in [0, 0.1) is 11.3 Å². The molecule has 182 valence electrons. The summed E-state index contributed by atoms with van der Waals surface area (Å²) in [5.41, 5.74) is 3.29. The van der Waals surface area contributed by atoms with E-state index in [2.05, 4.69) is 20.8 Å². The summed E-state index contributed by atoms with van der Waals surface area (Å²) in [4.78, 5) is 13.7. The molecule has 2 aromatic rings. The van der Waals surface area contributed by atoms with E-state index < -0.39 is 0 Å². The van der Waals surface area contributed by atoms with Gasteiger partial charge >= 0.3 is 0 Å². The summed E-state index contributed by atoms with van der Waals surface area (Å²) in [6, 6.07) is 11.4. The van der Waals surface area contributed by atoms with E-state index in [0.717, 1.165) is 28.7 Å². The number of hydrogen-bond donors (Lipinski definition) is 0. The Labute approximate surface area is 203 Å². The molecule has 0 aliphatic heterocycles. The summed E-state index contributed by atoms with van der Waals surface area (Å²) >= 11 is 0. The van der Waals surface area contributed by atoms with Crippen molar-refractivity contribution in [2.75, 3.05) is 28.4 Å². The fraction of sp³-hybridized carbons (Fsp3) is 0.414. The number of ketones is 1. The van der Waals surface area contributed by atoms with Gasteiger partial charge < -0.3 is 18.9 Å². The third-order valence-electron chi connectivity index (χ3n) is 7.06. The van der Waals surface area contributed by atoms with E-state index in [1.807, 2.05) is 48.6 Å². The molecule has 5 nitrogen and oxygen atoms in total. The average molecular weight is 465 g/mol. The molecule has 0 saturated heterocycles. The Kier molecular flexibility index (Phi) is 8.08. The van der Waals surface area contributed by atoms with Crippen molar-refractivity contribution in [3.8, 4) is 23.0 Å². The molecule has 0 spiro atoms. The number of methoxy groups -OCH3 is 4. The van der Waals surface area contributed by atoms with Gasteiger partial charge in [0.15, 0.2) is 28.8 Å². The number of carbonyl (C=O) groups excluding carboxylic acids is 1. The van der Waals surface area contributed by atoms with Crippen LogP contribution < -0.4 is 18.9 Å². The summed E-state index contributed by atoms with van der Waals surface area (Å²) in [6.45, 7) is 6.77. The van der Waals surface area contributed by atoms with Crippen LogP contribution in [0.2, 0.25) is 0 Å². The lowest BCUT2D eigenvalue weighted by Gasteiger charge is -2.38. The number of para-hydroxylation sites is 2. The second kappa shape index (κ2) is 10.8. The standard InChI is InChI=1S/C29H36O5/c1-8-29(2,3)23-17-21(15-19-11-9-13-24(31-4)27(19)33-6)26(30)22(18-23)16-20-12-10-14-25(32-5)28(20)34-7/h9-16,23H,8,17-18H2,1-7H3/b21-15+,22-16+. The van der Waals surface area contributed by atoms with Crippen LogP contribution in [-0.2, 0) is 4.79 Å². The Hall–Kier alpha value is -3.21. The molecule has 2 aromatic carbocycles. The minimum Gasteiger partial charge on any atom is -0.493 e. The number of rotatable bonds is 8. The molecule has 0 N–H and O–H groups in total. The summed E-state index contributed by atoms with van der Waals surface area (Å²) in [5, 5.41) is 0. The van der Waals surface area contributed by atoms with Gasteiger partial charge in [-0.25, -0.2) is 0 Å². The molecular formula is C29H36O5. The Bertz CT molecular complexity index is 1020. The predicted molar refractivity (Wildman–Crippen MR) is 137 cm³/mol. The van der Waals surface area contributed by atoms with Crippen LogP contribution in [-0.4, -0.2) is 34.2 Å². The maximum absolute atomic E-state index is 13.7. The fourth-order valence-electron chi connectivity index (χ4n) is 4.51. The van der Waals surface area contributed by atoms with Crippen molar-refractivity contribution in [1.29, 1.82) is 0 Å². The van der Waals surface area contributed by atoms with Crippen molar-refractivity contribution in [1.82, 2.24) is 0 Å². The van der Waals surface area contributed by atoms with Crippen molar-refractivity contribution < 1.29 is 23.7 Å². The van der Waals surface area contributed by atoms with Gasteiger partial charge in [-0.15, -0.1) is 0 Å². The lowest BCUT2D eigenvalue weighted by atomic mass is 9.66. The number of benzene rings is 2. The average Bonchev–Trinajstić information content (AvgIpc) is 2.85. The van der Waals surface area contributed by atoms with E-state index in [0.29, 0.717) is 41.8 Å². The molecule has 1 saturated carbocycles. The van der Waals surface area contributed by atoms with Crippen LogP contribution in [0.15, 0.2) is 47.5 Å². The van der Waals surface area contributed by atoms with Crippen molar-refractivity contribution in [2.24, 2.45) is 11.3 Å². The molecule has 0 heterocycles. The molecule has 5 heteroatoms. The number of carbonyl (C=O) groups is 1. The van der Waals surface area contributed by atoms with Gasteiger partial charge in [-0.2, -0.15) is 0 Å². The van der Waals surface area contributed by atoms with E-state index in [9.17, 15) is 4.79 Å². The highest BCUT2D eigenvalue weighted by molar-refractivity contribution is 6.14. The van der Waals surface area contributed by atoms with E-state index in [-0.39, 0.29) is 11.2 Å². The minimum atomic E-state index is 0.0536. The highest BCUT2D eigenvalue weighted by Crippen LogP contribution is 2.45. The van der Waals surface area contributed by atoms with Crippen LogP contribution in [0.4, 0.5) is 0 Å².